The molecule has 3 heterocycles. The minimum atomic E-state index is -0.677. The molecule has 0 aliphatic carbocycles. The third-order valence-electron chi connectivity index (χ3n) is 5.22. The number of nitrogens with zero attached hydrogens (tertiary/aromatic N) is 6. The van der Waals surface area contributed by atoms with Crippen LogP contribution < -0.4 is 11.0 Å². The zero-order chi connectivity index (χ0) is 23.9. The fourth-order valence-corrected chi connectivity index (χ4v) is 3.62. The summed E-state index contributed by atoms with van der Waals surface area (Å²) in [6.07, 6.45) is 1.61. The molecule has 0 aliphatic heterocycles. The minimum absolute atomic E-state index is 0.0398. The van der Waals surface area contributed by atoms with Crippen LogP contribution in [0.15, 0.2) is 58.4 Å². The first-order valence-corrected chi connectivity index (χ1v) is 10.0. The van der Waals surface area contributed by atoms with Crippen LogP contribution in [-0.2, 0) is 0 Å². The number of nitro groups is 1. The molecular formula is C23H18N6O4. The molecule has 0 saturated heterocycles. The van der Waals surface area contributed by atoms with Crippen LogP contribution in [0.5, 0.6) is 0 Å². The van der Waals surface area contributed by atoms with Crippen molar-refractivity contribution in [2.24, 2.45) is 4.99 Å². The lowest BCUT2D eigenvalue weighted by atomic mass is 10.2. The van der Waals surface area contributed by atoms with Crippen molar-refractivity contribution in [1.82, 2.24) is 14.0 Å². The molecular weight excluding hydrogens is 424 g/mol. The van der Waals surface area contributed by atoms with Gasteiger partial charge in [0.15, 0.2) is 5.49 Å². The average Bonchev–Trinajstić information content (AvgIpc) is 2.79. The quantitative estimate of drug-likeness (QED) is 0.272. The van der Waals surface area contributed by atoms with Gasteiger partial charge >= 0.3 is 0 Å². The molecule has 0 unspecified atom stereocenters. The molecule has 1 amide bonds. The van der Waals surface area contributed by atoms with Crippen LogP contribution in [0.2, 0.25) is 0 Å². The lowest BCUT2D eigenvalue weighted by Gasteiger charge is -2.16. The van der Waals surface area contributed by atoms with Gasteiger partial charge in [-0.25, -0.2) is 4.98 Å². The summed E-state index contributed by atoms with van der Waals surface area (Å²) in [6, 6.07) is 11.7. The van der Waals surface area contributed by atoms with Crippen LogP contribution in [0.4, 0.5) is 5.69 Å². The lowest BCUT2D eigenvalue weighted by Crippen LogP contribution is -2.30. The summed E-state index contributed by atoms with van der Waals surface area (Å²) in [6.45, 7) is 5.50. The van der Waals surface area contributed by atoms with Gasteiger partial charge in [-0.15, -0.1) is 0 Å². The van der Waals surface area contributed by atoms with Crippen molar-refractivity contribution in [1.29, 1.82) is 5.26 Å². The van der Waals surface area contributed by atoms with E-state index in [1.807, 2.05) is 32.9 Å². The van der Waals surface area contributed by atoms with Crippen molar-refractivity contribution in [2.75, 3.05) is 0 Å². The summed E-state index contributed by atoms with van der Waals surface area (Å²) >= 11 is 0. The van der Waals surface area contributed by atoms with E-state index < -0.39 is 10.8 Å². The molecule has 0 bridgehead atoms. The Kier molecular flexibility index (Phi) is 5.31. The van der Waals surface area contributed by atoms with Crippen LogP contribution in [-0.4, -0.2) is 24.8 Å². The number of nitro benzene ring substituents is 1. The van der Waals surface area contributed by atoms with Crippen molar-refractivity contribution >= 4 is 28.3 Å². The van der Waals surface area contributed by atoms with E-state index in [-0.39, 0.29) is 39.3 Å². The second-order valence-corrected chi connectivity index (χ2v) is 7.72. The Hall–Kier alpha value is -4.65. The van der Waals surface area contributed by atoms with Crippen molar-refractivity contribution in [2.45, 2.75) is 26.8 Å². The highest BCUT2D eigenvalue weighted by molar-refractivity contribution is 5.95. The first-order chi connectivity index (χ1) is 15.7. The van der Waals surface area contributed by atoms with Crippen molar-refractivity contribution in [3.63, 3.8) is 0 Å². The third kappa shape index (κ3) is 3.65. The maximum absolute atomic E-state index is 13.2. The number of non-ortho nitro benzene ring substituents is 1. The highest BCUT2D eigenvalue weighted by atomic mass is 16.6. The third-order valence-corrected chi connectivity index (χ3v) is 5.22. The normalized spacial score (nSPS) is 11.8. The smallest absolute Gasteiger partial charge is 0.279 e. The average molecular weight is 442 g/mol. The van der Waals surface area contributed by atoms with E-state index in [2.05, 4.69) is 9.98 Å². The summed E-state index contributed by atoms with van der Waals surface area (Å²) in [5, 5.41) is 20.9. The Morgan fingerprint density at radius 1 is 1.21 bits per heavy atom. The lowest BCUT2D eigenvalue weighted by molar-refractivity contribution is -0.384. The van der Waals surface area contributed by atoms with Gasteiger partial charge in [-0.3, -0.25) is 24.1 Å². The molecule has 0 radical (unpaired) electrons. The number of rotatable bonds is 3. The molecule has 33 heavy (non-hydrogen) atoms. The molecule has 0 fully saturated rings. The number of hydrogen-bond donors (Lipinski definition) is 0. The van der Waals surface area contributed by atoms with Gasteiger partial charge in [-0.05, 0) is 50.6 Å². The summed E-state index contributed by atoms with van der Waals surface area (Å²) < 4.78 is 3.01. The number of amides is 1. The van der Waals surface area contributed by atoms with Crippen LogP contribution in [0.1, 0.15) is 41.4 Å². The van der Waals surface area contributed by atoms with Gasteiger partial charge in [-0.1, -0.05) is 6.07 Å². The first kappa shape index (κ1) is 21.6. The standard InChI is InChI=1S/C23H18N6O4/c1-13(2)28-20(26-22(30)15-6-8-17(9-7-15)29(32)33)16(12-24)11-18-21(28)25-19-14(3)5-4-10-27(19)23(18)31/h4-11,13H,1-3H3. The Morgan fingerprint density at radius 2 is 1.91 bits per heavy atom. The second-order valence-electron chi connectivity index (χ2n) is 7.72. The number of benzene rings is 1. The van der Waals surface area contributed by atoms with Gasteiger partial charge in [0, 0.05) is 29.9 Å². The Labute approximate surface area is 186 Å². The number of aryl methyl sites for hydroxylation is 1. The number of aromatic nitrogens is 3. The number of carbonyl (C=O) groups is 1. The van der Waals surface area contributed by atoms with Gasteiger partial charge in [0.1, 0.15) is 17.4 Å². The van der Waals surface area contributed by atoms with Gasteiger partial charge in [0.25, 0.3) is 17.2 Å². The van der Waals surface area contributed by atoms with Crippen LogP contribution in [0, 0.1) is 28.4 Å². The predicted molar refractivity (Wildman–Crippen MR) is 120 cm³/mol. The van der Waals surface area contributed by atoms with Gasteiger partial charge in [0.05, 0.1) is 15.9 Å². The van der Waals surface area contributed by atoms with Crippen molar-refractivity contribution in [3.05, 3.63) is 91.3 Å². The molecule has 1 aromatic carbocycles. The molecule has 10 heteroatoms. The topological polar surface area (TPSA) is 136 Å². The zero-order valence-electron chi connectivity index (χ0n) is 18.0. The number of pyridine rings is 2. The molecule has 0 aliphatic rings. The first-order valence-electron chi connectivity index (χ1n) is 10.0. The fraction of sp³-hybridized carbons (Fsp3) is 0.174. The van der Waals surface area contributed by atoms with Gasteiger partial charge in [-0.2, -0.15) is 10.3 Å². The van der Waals surface area contributed by atoms with E-state index in [0.717, 1.165) is 5.56 Å². The SMILES string of the molecule is Cc1cccn2c(=O)c3cc(C#N)c(=NC(=O)c4ccc([N+](=O)[O-])cc4)n(C(C)C)c3nc12. The maximum atomic E-state index is 13.2. The number of hydrogen-bond acceptors (Lipinski definition) is 6. The van der Waals surface area contributed by atoms with E-state index in [9.17, 15) is 25.0 Å². The van der Waals surface area contributed by atoms with Crippen molar-refractivity contribution < 1.29 is 9.72 Å². The van der Waals surface area contributed by atoms with Crippen LogP contribution >= 0.6 is 0 Å². The van der Waals surface area contributed by atoms with E-state index in [1.165, 1.54) is 34.7 Å². The Balaban J connectivity index is 2.06. The fourth-order valence-electron chi connectivity index (χ4n) is 3.62. The largest absolute Gasteiger partial charge is 0.306 e. The Morgan fingerprint density at radius 3 is 2.52 bits per heavy atom. The highest BCUT2D eigenvalue weighted by Gasteiger charge is 2.18. The maximum Gasteiger partial charge on any atom is 0.279 e. The van der Waals surface area contributed by atoms with E-state index in [0.29, 0.717) is 11.3 Å². The summed E-state index contributed by atoms with van der Waals surface area (Å²) in [4.78, 5) is 45.2. The van der Waals surface area contributed by atoms with Crippen LogP contribution in [0.25, 0.3) is 16.7 Å². The predicted octanol–water partition coefficient (Wildman–Crippen LogP) is 3.06. The van der Waals surface area contributed by atoms with Gasteiger partial charge < -0.3 is 4.57 Å². The molecule has 164 valence electrons. The molecule has 0 spiro atoms. The number of carbonyl (C=O) groups excluding carboxylic acids is 1. The van der Waals surface area contributed by atoms with E-state index in [4.69, 9.17) is 0 Å². The van der Waals surface area contributed by atoms with E-state index in [1.54, 1.807) is 16.8 Å². The monoisotopic (exact) mass is 442 g/mol. The van der Waals surface area contributed by atoms with Gasteiger partial charge in [0.2, 0.25) is 0 Å². The summed E-state index contributed by atoms with van der Waals surface area (Å²) in [5.41, 5.74) is 1.29. The second kappa shape index (κ2) is 8.12. The number of fused-ring (bicyclic) bond motifs is 2. The van der Waals surface area contributed by atoms with E-state index >= 15 is 0 Å². The van der Waals surface area contributed by atoms with Crippen molar-refractivity contribution in [3.8, 4) is 6.07 Å². The molecule has 4 aromatic rings. The summed E-state index contributed by atoms with van der Waals surface area (Å²) in [7, 11) is 0. The van der Waals surface area contributed by atoms with Crippen LogP contribution in [0.3, 0.4) is 0 Å². The molecule has 3 aromatic heterocycles. The summed E-state index contributed by atoms with van der Waals surface area (Å²) in [5.74, 6) is -0.677. The molecule has 4 rings (SSSR count). The molecule has 10 nitrogen and oxygen atoms in total. The zero-order valence-corrected chi connectivity index (χ0v) is 18.0. The minimum Gasteiger partial charge on any atom is -0.306 e. The molecule has 0 atom stereocenters. The molecule has 0 N–H and O–H groups in total. The molecule has 0 saturated carbocycles. The highest BCUT2D eigenvalue weighted by Crippen LogP contribution is 2.17. The number of nitriles is 1. The Bertz CT molecular complexity index is 1620.